The SMILES string of the molecule is O=C(O)CCCCCCCCCCCCCCCCCCC(=O)CCN1CCC(C(=O)N[C@@H](CCC(=O)CCCOCCOCC(=O)NCCCC[C@H](CC(=O)CCc2cnc[nH]2)C(=O)O)C(=O)O)CC1. The van der Waals surface area contributed by atoms with Crippen LogP contribution in [0.15, 0.2) is 12.5 Å². The highest BCUT2D eigenvalue weighted by Gasteiger charge is 2.29. The lowest BCUT2D eigenvalue weighted by molar-refractivity contribution is -0.144. The van der Waals surface area contributed by atoms with Crippen LogP contribution in [-0.2, 0) is 54.3 Å². The highest BCUT2D eigenvalue weighted by atomic mass is 16.5. The second-order valence-electron chi connectivity index (χ2n) is 19.4. The minimum absolute atomic E-state index is 0.00135. The van der Waals surface area contributed by atoms with E-state index < -0.39 is 29.9 Å². The van der Waals surface area contributed by atoms with E-state index in [9.17, 15) is 48.6 Å². The Hall–Kier alpha value is -4.55. The molecule has 1 aromatic heterocycles. The number of amides is 2. The summed E-state index contributed by atoms with van der Waals surface area (Å²) in [4.78, 5) is 105. The highest BCUT2D eigenvalue weighted by Crippen LogP contribution is 2.20. The van der Waals surface area contributed by atoms with Gasteiger partial charge in [0, 0.05) is 82.5 Å². The number of carboxylic acid groups (broad SMARTS) is 3. The zero-order chi connectivity index (χ0) is 51.7. The van der Waals surface area contributed by atoms with Gasteiger partial charge >= 0.3 is 17.9 Å². The number of Topliss-reactive ketones (excluding diaryl/α,β-unsaturated/α-hetero) is 3. The lowest BCUT2D eigenvalue weighted by Gasteiger charge is -2.31. The second kappa shape index (κ2) is 41.0. The summed E-state index contributed by atoms with van der Waals surface area (Å²) in [5, 5.41) is 33.3. The highest BCUT2D eigenvalue weighted by molar-refractivity contribution is 5.86. The standard InChI is InChI=1S/C53H89N5O13/c59-45(22-19-35-70-36-37-71-40-49(62)55-31-18-17-20-43(52(66)67)38-47(61)25-24-44-39-54-41-56-44)26-27-48(53(68)69)57-51(65)42-28-32-58(33-29-42)34-30-46(60)21-15-13-11-9-7-5-3-1-2-4-6-8-10-12-14-16-23-50(63)64/h39,41-43,48H,1-38,40H2,(H,54,56)(H,55,62)(H,57,65)(H,63,64)(H,66,67)(H,68,69)/t43-,48+/m1/s1. The molecule has 2 rings (SSSR count). The number of unbranched alkanes of at least 4 members (excludes halogenated alkanes) is 16. The summed E-state index contributed by atoms with van der Waals surface area (Å²) in [6.45, 7) is 2.87. The van der Waals surface area contributed by atoms with Crippen molar-refractivity contribution in [3.63, 3.8) is 0 Å². The van der Waals surface area contributed by atoms with Crippen LogP contribution in [0.5, 0.6) is 0 Å². The third-order valence-corrected chi connectivity index (χ3v) is 13.3. The number of nitrogens with one attached hydrogen (secondary N) is 3. The number of H-pyrrole nitrogens is 1. The Bertz CT molecular complexity index is 1650. The van der Waals surface area contributed by atoms with Crippen molar-refractivity contribution >= 4 is 47.1 Å². The van der Waals surface area contributed by atoms with Gasteiger partial charge in [0.1, 0.15) is 30.0 Å². The fourth-order valence-electron chi connectivity index (χ4n) is 8.81. The first kappa shape index (κ1) is 62.6. The van der Waals surface area contributed by atoms with Crippen molar-refractivity contribution in [1.29, 1.82) is 0 Å². The molecule has 71 heavy (non-hydrogen) atoms. The molecule has 0 radical (unpaired) electrons. The maximum Gasteiger partial charge on any atom is 0.326 e. The molecule has 0 spiro atoms. The lowest BCUT2D eigenvalue weighted by Crippen LogP contribution is -2.47. The van der Waals surface area contributed by atoms with Gasteiger partial charge in [-0.25, -0.2) is 9.78 Å². The van der Waals surface area contributed by atoms with Gasteiger partial charge in [-0.2, -0.15) is 0 Å². The van der Waals surface area contributed by atoms with E-state index in [4.69, 9.17) is 14.6 Å². The summed E-state index contributed by atoms with van der Waals surface area (Å²) in [6.07, 6.45) is 27.4. The first-order chi connectivity index (χ1) is 34.3. The largest absolute Gasteiger partial charge is 0.481 e. The summed E-state index contributed by atoms with van der Waals surface area (Å²) in [7, 11) is 0. The number of aryl methyl sites for hydroxylation is 1. The van der Waals surface area contributed by atoms with E-state index in [-0.39, 0.29) is 93.6 Å². The molecular weight excluding hydrogens is 915 g/mol. The summed E-state index contributed by atoms with van der Waals surface area (Å²) >= 11 is 0. The van der Waals surface area contributed by atoms with Crippen molar-refractivity contribution in [2.45, 2.75) is 205 Å². The van der Waals surface area contributed by atoms with Crippen molar-refractivity contribution in [3.8, 4) is 0 Å². The molecule has 0 saturated carbocycles. The lowest BCUT2D eigenvalue weighted by atomic mass is 9.94. The normalized spacial score (nSPS) is 13.9. The first-order valence-electron chi connectivity index (χ1n) is 27.0. The molecule has 0 aromatic carbocycles. The average Bonchev–Trinajstić information content (AvgIpc) is 3.87. The number of carbonyl (C=O) groups excluding carboxylic acids is 5. The van der Waals surface area contributed by atoms with Gasteiger partial charge in [0.25, 0.3) is 0 Å². The Labute approximate surface area is 422 Å². The van der Waals surface area contributed by atoms with Crippen LogP contribution in [0.3, 0.4) is 0 Å². The minimum atomic E-state index is -1.18. The van der Waals surface area contributed by atoms with Crippen LogP contribution in [0.2, 0.25) is 0 Å². The monoisotopic (exact) mass is 1000 g/mol. The number of hydrogen-bond acceptors (Lipinski definition) is 12. The van der Waals surface area contributed by atoms with E-state index in [0.717, 1.165) is 37.8 Å². The van der Waals surface area contributed by atoms with Gasteiger partial charge < -0.3 is 45.3 Å². The molecule has 2 atom stereocenters. The number of carbonyl (C=O) groups is 8. The van der Waals surface area contributed by atoms with Crippen LogP contribution < -0.4 is 10.6 Å². The van der Waals surface area contributed by atoms with Crippen LogP contribution in [0.25, 0.3) is 0 Å². The third kappa shape index (κ3) is 34.5. The summed E-state index contributed by atoms with van der Waals surface area (Å²) in [6, 6.07) is -1.16. The Morgan fingerprint density at radius 3 is 1.77 bits per heavy atom. The number of hydrogen-bond donors (Lipinski definition) is 6. The minimum Gasteiger partial charge on any atom is -0.481 e. The van der Waals surface area contributed by atoms with Crippen LogP contribution in [0, 0.1) is 11.8 Å². The molecule has 0 aliphatic carbocycles. The van der Waals surface area contributed by atoms with Gasteiger partial charge in [-0.1, -0.05) is 96.3 Å². The number of ether oxygens (including phenoxy) is 2. The van der Waals surface area contributed by atoms with E-state index in [0.29, 0.717) is 90.4 Å². The topological polar surface area (TPSA) is 272 Å². The number of carboxylic acids is 3. The molecule has 1 fully saturated rings. The van der Waals surface area contributed by atoms with Crippen LogP contribution >= 0.6 is 0 Å². The predicted molar refractivity (Wildman–Crippen MR) is 269 cm³/mol. The van der Waals surface area contributed by atoms with Crippen molar-refractivity contribution in [3.05, 3.63) is 18.2 Å². The second-order valence-corrected chi connectivity index (χ2v) is 19.4. The van der Waals surface area contributed by atoms with Crippen molar-refractivity contribution in [2.75, 3.05) is 52.6 Å². The first-order valence-corrected chi connectivity index (χ1v) is 27.0. The quantitative estimate of drug-likeness (QED) is 0.0340. The maximum atomic E-state index is 13.0. The molecule has 2 heterocycles. The van der Waals surface area contributed by atoms with Gasteiger partial charge in [-0.05, 0) is 70.9 Å². The van der Waals surface area contributed by atoms with E-state index in [1.165, 1.54) is 77.0 Å². The number of rotatable bonds is 48. The zero-order valence-corrected chi connectivity index (χ0v) is 42.8. The van der Waals surface area contributed by atoms with Crippen LogP contribution in [-0.4, -0.2) is 136 Å². The number of imidazole rings is 1. The van der Waals surface area contributed by atoms with Crippen molar-refractivity contribution in [2.24, 2.45) is 11.8 Å². The molecule has 0 unspecified atom stereocenters. The molecule has 18 nitrogen and oxygen atoms in total. The Morgan fingerprint density at radius 1 is 0.620 bits per heavy atom. The fraction of sp³-hybridized carbons (Fsp3) is 0.792. The Balaban J connectivity index is 1.40. The van der Waals surface area contributed by atoms with Crippen LogP contribution in [0.1, 0.15) is 198 Å². The van der Waals surface area contributed by atoms with E-state index in [2.05, 4.69) is 25.5 Å². The Morgan fingerprint density at radius 2 is 1.20 bits per heavy atom. The van der Waals surface area contributed by atoms with E-state index in [1.54, 1.807) is 6.20 Å². The molecule has 18 heteroatoms. The third-order valence-electron chi connectivity index (χ3n) is 13.3. The molecular formula is C53H89N5O13. The van der Waals surface area contributed by atoms with Gasteiger partial charge in [0.05, 0.1) is 25.5 Å². The number of likely N-dealkylation sites (tertiary alicyclic amines) is 1. The molecule has 1 saturated heterocycles. The number of aliphatic carboxylic acids is 3. The maximum absolute atomic E-state index is 13.0. The predicted octanol–water partition coefficient (Wildman–Crippen LogP) is 7.80. The number of aromatic nitrogens is 2. The summed E-state index contributed by atoms with van der Waals surface area (Å²) in [5.74, 6) is -4.55. The molecule has 1 aromatic rings. The number of piperidine rings is 1. The molecule has 0 bridgehead atoms. The zero-order valence-electron chi connectivity index (χ0n) is 42.8. The van der Waals surface area contributed by atoms with Gasteiger partial charge in [-0.15, -0.1) is 0 Å². The number of aromatic amines is 1. The fourth-order valence-corrected chi connectivity index (χ4v) is 8.81. The molecule has 2 amide bonds. The van der Waals surface area contributed by atoms with E-state index in [1.807, 2.05) is 0 Å². The van der Waals surface area contributed by atoms with Gasteiger partial charge in [0.2, 0.25) is 11.8 Å². The summed E-state index contributed by atoms with van der Waals surface area (Å²) in [5.41, 5.74) is 0.823. The van der Waals surface area contributed by atoms with Gasteiger partial charge in [-0.3, -0.25) is 33.6 Å². The molecule has 1 aliphatic rings. The smallest absolute Gasteiger partial charge is 0.326 e. The number of nitrogens with zero attached hydrogens (tertiary/aromatic N) is 2. The van der Waals surface area contributed by atoms with Crippen molar-refractivity contribution in [1.82, 2.24) is 25.5 Å². The summed E-state index contributed by atoms with van der Waals surface area (Å²) < 4.78 is 10.8. The van der Waals surface area contributed by atoms with Crippen LogP contribution in [0.4, 0.5) is 0 Å². The average molecular weight is 1000 g/mol. The van der Waals surface area contributed by atoms with Gasteiger partial charge in [0.15, 0.2) is 0 Å². The Kier molecular flexibility index (Phi) is 36.1. The number of ketones is 3. The molecule has 6 N–H and O–H groups in total. The molecule has 1 aliphatic heterocycles. The van der Waals surface area contributed by atoms with Crippen molar-refractivity contribution < 1.29 is 63.1 Å². The van der Waals surface area contributed by atoms with E-state index >= 15 is 0 Å². The molecule has 404 valence electrons.